The van der Waals surface area contributed by atoms with E-state index in [2.05, 4.69) is 36.4 Å². The van der Waals surface area contributed by atoms with Gasteiger partial charge < -0.3 is 5.11 Å². The van der Waals surface area contributed by atoms with Crippen molar-refractivity contribution in [3.8, 4) is 0 Å². The molecule has 2 aromatic carbocycles. The summed E-state index contributed by atoms with van der Waals surface area (Å²) >= 11 is 0. The molecule has 0 atom stereocenters. The average Bonchev–Trinajstić information content (AvgIpc) is 2.36. The molecule has 0 amide bonds. The van der Waals surface area contributed by atoms with Gasteiger partial charge in [-0.1, -0.05) is 42.5 Å². The molecule has 1 aliphatic rings. The average molecular weight is 210 g/mol. The van der Waals surface area contributed by atoms with Crippen molar-refractivity contribution in [2.75, 3.05) is 0 Å². The third-order valence-corrected chi connectivity index (χ3v) is 3.31. The molecule has 0 heterocycles. The maximum atomic E-state index is 9.56. The Morgan fingerprint density at radius 1 is 1.19 bits per heavy atom. The van der Waals surface area contributed by atoms with Crippen LogP contribution in [0.4, 0.5) is 0 Å². The van der Waals surface area contributed by atoms with Gasteiger partial charge in [-0.15, -0.1) is 0 Å². The Balaban J connectivity index is 2.41. The molecule has 80 valence electrons. The fourth-order valence-electron chi connectivity index (χ4n) is 2.53. The standard InChI is InChI=1S/C15H14O/c16-10-15-13-7-3-1-5-11(13)9-12-6-2-4-8-14(12)15/h1,3-5,7-9,16H,2,6,10H2. The van der Waals surface area contributed by atoms with Gasteiger partial charge in [0.2, 0.25) is 0 Å². The van der Waals surface area contributed by atoms with E-state index in [1.165, 1.54) is 21.9 Å². The number of rotatable bonds is 1. The van der Waals surface area contributed by atoms with Crippen LogP contribution in [0.15, 0.2) is 36.4 Å². The molecule has 0 spiro atoms. The lowest BCUT2D eigenvalue weighted by Crippen LogP contribution is -2.00. The largest absolute Gasteiger partial charge is 0.392 e. The van der Waals surface area contributed by atoms with Crippen molar-refractivity contribution in [3.63, 3.8) is 0 Å². The second kappa shape index (κ2) is 3.76. The molecule has 0 unspecified atom stereocenters. The minimum Gasteiger partial charge on any atom is -0.392 e. The zero-order chi connectivity index (χ0) is 11.0. The van der Waals surface area contributed by atoms with E-state index in [4.69, 9.17) is 0 Å². The van der Waals surface area contributed by atoms with Gasteiger partial charge in [-0.25, -0.2) is 0 Å². The first-order chi connectivity index (χ1) is 7.90. The number of hydrogen-bond acceptors (Lipinski definition) is 1. The predicted octanol–water partition coefficient (Wildman–Crippen LogP) is 3.29. The lowest BCUT2D eigenvalue weighted by atomic mass is 9.89. The van der Waals surface area contributed by atoms with Crippen molar-refractivity contribution in [1.82, 2.24) is 0 Å². The van der Waals surface area contributed by atoms with Crippen LogP contribution in [0.1, 0.15) is 23.1 Å². The van der Waals surface area contributed by atoms with Crippen molar-refractivity contribution < 1.29 is 5.11 Å². The van der Waals surface area contributed by atoms with Gasteiger partial charge in [0.25, 0.3) is 0 Å². The van der Waals surface area contributed by atoms with Crippen LogP contribution in [0.25, 0.3) is 16.8 Å². The van der Waals surface area contributed by atoms with Gasteiger partial charge in [-0.3, -0.25) is 0 Å². The van der Waals surface area contributed by atoms with Crippen molar-refractivity contribution >= 4 is 16.8 Å². The molecule has 0 saturated heterocycles. The highest BCUT2D eigenvalue weighted by atomic mass is 16.3. The van der Waals surface area contributed by atoms with Crippen LogP contribution >= 0.6 is 0 Å². The quantitative estimate of drug-likeness (QED) is 0.765. The predicted molar refractivity (Wildman–Crippen MR) is 67.2 cm³/mol. The van der Waals surface area contributed by atoms with Crippen molar-refractivity contribution in [3.05, 3.63) is 53.1 Å². The van der Waals surface area contributed by atoms with E-state index in [9.17, 15) is 5.11 Å². The molecular weight excluding hydrogens is 196 g/mol. The molecule has 2 aromatic rings. The maximum absolute atomic E-state index is 9.56. The Labute approximate surface area is 95.0 Å². The number of aliphatic hydroxyl groups is 1. The normalized spacial score (nSPS) is 14.1. The highest BCUT2D eigenvalue weighted by molar-refractivity contribution is 5.90. The fourth-order valence-corrected chi connectivity index (χ4v) is 2.53. The van der Waals surface area contributed by atoms with Crippen LogP contribution in [0, 0.1) is 0 Å². The Kier molecular flexibility index (Phi) is 2.26. The smallest absolute Gasteiger partial charge is 0.0693 e. The molecular formula is C15H14O. The highest BCUT2D eigenvalue weighted by Gasteiger charge is 2.12. The molecule has 16 heavy (non-hydrogen) atoms. The number of hydrogen-bond donors (Lipinski definition) is 1. The molecule has 0 aromatic heterocycles. The Morgan fingerprint density at radius 2 is 2.06 bits per heavy atom. The van der Waals surface area contributed by atoms with Crippen LogP contribution in [0.3, 0.4) is 0 Å². The summed E-state index contributed by atoms with van der Waals surface area (Å²) in [6.07, 6.45) is 6.53. The number of aryl methyl sites for hydroxylation is 1. The summed E-state index contributed by atoms with van der Waals surface area (Å²) in [5.41, 5.74) is 3.67. The van der Waals surface area contributed by atoms with Crippen molar-refractivity contribution in [1.29, 1.82) is 0 Å². The number of aliphatic hydroxyl groups excluding tert-OH is 1. The Hall–Kier alpha value is -1.60. The van der Waals surface area contributed by atoms with E-state index in [0.29, 0.717) is 0 Å². The monoisotopic (exact) mass is 210 g/mol. The lowest BCUT2D eigenvalue weighted by molar-refractivity contribution is 0.283. The third kappa shape index (κ3) is 1.36. The SMILES string of the molecule is OCc1c2c(cc3ccccc13)CCC=C2. The van der Waals surface area contributed by atoms with Crippen LogP contribution in [-0.4, -0.2) is 5.11 Å². The van der Waals surface area contributed by atoms with Gasteiger partial charge in [0.15, 0.2) is 0 Å². The Bertz CT molecular complexity index is 567. The topological polar surface area (TPSA) is 20.2 Å². The summed E-state index contributed by atoms with van der Waals surface area (Å²) in [7, 11) is 0. The minimum atomic E-state index is 0.119. The van der Waals surface area contributed by atoms with Crippen molar-refractivity contribution in [2.45, 2.75) is 19.4 Å². The third-order valence-electron chi connectivity index (χ3n) is 3.31. The molecule has 1 heteroatoms. The molecule has 0 aliphatic heterocycles. The first-order valence-corrected chi connectivity index (χ1v) is 5.71. The zero-order valence-corrected chi connectivity index (χ0v) is 9.11. The van der Waals surface area contributed by atoms with Crippen molar-refractivity contribution in [2.24, 2.45) is 0 Å². The van der Waals surface area contributed by atoms with Crippen LogP contribution < -0.4 is 0 Å². The molecule has 0 bridgehead atoms. The van der Waals surface area contributed by atoms with E-state index in [-0.39, 0.29) is 6.61 Å². The first-order valence-electron chi connectivity index (χ1n) is 5.71. The first kappa shape index (κ1) is 9.61. The zero-order valence-electron chi connectivity index (χ0n) is 9.11. The second-order valence-corrected chi connectivity index (χ2v) is 4.25. The van der Waals surface area contributed by atoms with E-state index >= 15 is 0 Å². The summed E-state index contributed by atoms with van der Waals surface area (Å²) < 4.78 is 0. The minimum absolute atomic E-state index is 0.119. The van der Waals surface area contributed by atoms with Gasteiger partial charge in [-0.2, -0.15) is 0 Å². The highest BCUT2D eigenvalue weighted by Crippen LogP contribution is 2.30. The van der Waals surface area contributed by atoms with E-state index in [0.717, 1.165) is 18.4 Å². The van der Waals surface area contributed by atoms with E-state index in [1.807, 2.05) is 6.07 Å². The van der Waals surface area contributed by atoms with Gasteiger partial charge in [0, 0.05) is 0 Å². The van der Waals surface area contributed by atoms with Crippen LogP contribution in [0.5, 0.6) is 0 Å². The molecule has 0 saturated carbocycles. The Morgan fingerprint density at radius 3 is 2.94 bits per heavy atom. The fraction of sp³-hybridized carbons (Fsp3) is 0.200. The van der Waals surface area contributed by atoms with E-state index < -0.39 is 0 Å². The second-order valence-electron chi connectivity index (χ2n) is 4.25. The summed E-state index contributed by atoms with van der Waals surface area (Å²) in [6, 6.07) is 10.5. The van der Waals surface area contributed by atoms with Gasteiger partial charge in [-0.05, 0) is 40.3 Å². The summed E-state index contributed by atoms with van der Waals surface area (Å²) in [5.74, 6) is 0. The van der Waals surface area contributed by atoms with Crippen LogP contribution in [-0.2, 0) is 13.0 Å². The number of fused-ring (bicyclic) bond motifs is 2. The molecule has 1 N–H and O–H groups in total. The summed E-state index contributed by atoms with van der Waals surface area (Å²) in [6.45, 7) is 0.119. The molecule has 0 radical (unpaired) electrons. The summed E-state index contributed by atoms with van der Waals surface area (Å²) in [5, 5.41) is 12.0. The lowest BCUT2D eigenvalue weighted by Gasteiger charge is -2.16. The number of benzene rings is 2. The summed E-state index contributed by atoms with van der Waals surface area (Å²) in [4.78, 5) is 0. The number of allylic oxidation sites excluding steroid dienone is 1. The van der Waals surface area contributed by atoms with Crippen LogP contribution in [0.2, 0.25) is 0 Å². The molecule has 0 fully saturated rings. The molecule has 1 nitrogen and oxygen atoms in total. The molecule has 3 rings (SSSR count). The van der Waals surface area contributed by atoms with Gasteiger partial charge in [0.05, 0.1) is 6.61 Å². The molecule has 1 aliphatic carbocycles. The maximum Gasteiger partial charge on any atom is 0.0693 e. The van der Waals surface area contributed by atoms with E-state index in [1.54, 1.807) is 0 Å². The van der Waals surface area contributed by atoms with Gasteiger partial charge in [0.1, 0.15) is 0 Å². The van der Waals surface area contributed by atoms with Gasteiger partial charge >= 0.3 is 0 Å².